The van der Waals surface area contributed by atoms with E-state index >= 15 is 0 Å². The second kappa shape index (κ2) is 8.38. The smallest absolute Gasteiger partial charge is 0.309 e. The number of carbonyl (C=O) groups excluding carboxylic acids is 2. The van der Waals surface area contributed by atoms with Crippen LogP contribution in [0.4, 0.5) is 0 Å². The lowest BCUT2D eigenvalue weighted by Crippen LogP contribution is -2.41. The van der Waals surface area contributed by atoms with Gasteiger partial charge in [0.1, 0.15) is 11.5 Å². The highest BCUT2D eigenvalue weighted by molar-refractivity contribution is 5.98. The van der Waals surface area contributed by atoms with Crippen molar-refractivity contribution in [3.8, 4) is 0 Å². The number of likely N-dealkylation sites (tertiary alicyclic amines) is 1. The molecule has 0 atom stereocenters. The summed E-state index contributed by atoms with van der Waals surface area (Å²) in [6, 6.07) is 12.1. The number of aromatic nitrogens is 1. The van der Waals surface area contributed by atoms with Gasteiger partial charge in [-0.1, -0.05) is 29.8 Å². The van der Waals surface area contributed by atoms with Crippen LogP contribution in [0.1, 0.15) is 47.1 Å². The molecule has 2 aromatic heterocycles. The summed E-state index contributed by atoms with van der Waals surface area (Å²) in [7, 11) is 0. The quantitative estimate of drug-likeness (QED) is 0.590. The van der Waals surface area contributed by atoms with Gasteiger partial charge >= 0.3 is 5.97 Å². The van der Waals surface area contributed by atoms with Gasteiger partial charge in [-0.2, -0.15) is 0 Å². The molecule has 0 bridgehead atoms. The van der Waals surface area contributed by atoms with E-state index in [4.69, 9.17) is 9.15 Å². The topological polar surface area (TPSA) is 64.7 Å². The predicted octanol–water partition coefficient (Wildman–Crippen LogP) is 4.31. The first kappa shape index (κ1) is 20.3. The molecular formula is C24H28N2O4. The van der Waals surface area contributed by atoms with E-state index in [1.165, 1.54) is 5.56 Å². The van der Waals surface area contributed by atoms with Gasteiger partial charge in [0.2, 0.25) is 0 Å². The zero-order chi connectivity index (χ0) is 21.3. The maximum Gasteiger partial charge on any atom is 0.309 e. The van der Waals surface area contributed by atoms with Crippen LogP contribution in [0.5, 0.6) is 0 Å². The van der Waals surface area contributed by atoms with Crippen molar-refractivity contribution >= 4 is 23.0 Å². The van der Waals surface area contributed by atoms with Gasteiger partial charge in [-0.25, -0.2) is 0 Å². The zero-order valence-electron chi connectivity index (χ0n) is 17.8. The summed E-state index contributed by atoms with van der Waals surface area (Å²) < 4.78 is 13.0. The van der Waals surface area contributed by atoms with Crippen molar-refractivity contribution in [2.45, 2.75) is 40.2 Å². The molecule has 6 heteroatoms. The van der Waals surface area contributed by atoms with Gasteiger partial charge in [0, 0.05) is 31.8 Å². The Morgan fingerprint density at radius 3 is 2.60 bits per heavy atom. The first-order chi connectivity index (χ1) is 14.5. The van der Waals surface area contributed by atoms with Gasteiger partial charge in [-0.3, -0.25) is 9.59 Å². The molecule has 1 amide bonds. The normalized spacial score (nSPS) is 15.0. The number of fused-ring (bicyclic) bond motifs is 1. The van der Waals surface area contributed by atoms with Gasteiger partial charge in [-0.15, -0.1) is 0 Å². The average Bonchev–Trinajstić information content (AvgIpc) is 3.25. The van der Waals surface area contributed by atoms with Crippen molar-refractivity contribution in [2.24, 2.45) is 5.92 Å². The van der Waals surface area contributed by atoms with Crippen LogP contribution in [0, 0.1) is 19.8 Å². The first-order valence-electron chi connectivity index (χ1n) is 10.6. The van der Waals surface area contributed by atoms with Crippen LogP contribution in [0.15, 0.2) is 40.8 Å². The Balaban J connectivity index is 1.58. The number of ether oxygens (including phenoxy) is 1. The Kier molecular flexibility index (Phi) is 5.66. The minimum atomic E-state index is -0.152. The summed E-state index contributed by atoms with van der Waals surface area (Å²) in [6.07, 6.45) is 1.27. The average molecular weight is 408 g/mol. The summed E-state index contributed by atoms with van der Waals surface area (Å²) in [4.78, 5) is 27.2. The Bertz CT molecular complexity index is 1070. The molecule has 0 N–H and O–H groups in total. The van der Waals surface area contributed by atoms with Crippen molar-refractivity contribution in [1.29, 1.82) is 0 Å². The van der Waals surface area contributed by atoms with E-state index < -0.39 is 0 Å². The summed E-state index contributed by atoms with van der Waals surface area (Å²) in [5.41, 5.74) is 4.61. The van der Waals surface area contributed by atoms with Gasteiger partial charge in [0.05, 0.1) is 18.0 Å². The third-order valence-electron chi connectivity index (χ3n) is 5.76. The summed E-state index contributed by atoms with van der Waals surface area (Å²) in [5.74, 6) is 0.536. The molecule has 0 aliphatic carbocycles. The monoisotopic (exact) mass is 408 g/mol. The predicted molar refractivity (Wildman–Crippen MR) is 114 cm³/mol. The first-order valence-corrected chi connectivity index (χ1v) is 10.6. The maximum absolute atomic E-state index is 13.4. The molecule has 1 fully saturated rings. The minimum Gasteiger partial charge on any atom is -0.466 e. The molecule has 6 nitrogen and oxygen atoms in total. The second-order valence-corrected chi connectivity index (χ2v) is 8.03. The third-order valence-corrected chi connectivity index (χ3v) is 5.76. The number of hydrogen-bond acceptors (Lipinski definition) is 4. The number of aryl methyl sites for hydroxylation is 2. The molecule has 158 valence electrons. The van der Waals surface area contributed by atoms with Crippen LogP contribution in [-0.4, -0.2) is 41.0 Å². The summed E-state index contributed by atoms with van der Waals surface area (Å²) in [5, 5.41) is 0. The fourth-order valence-corrected chi connectivity index (χ4v) is 4.25. The number of rotatable bonds is 5. The Hall–Kier alpha value is -3.02. The van der Waals surface area contributed by atoms with Gasteiger partial charge < -0.3 is 18.6 Å². The molecule has 3 aromatic rings. The number of piperidine rings is 1. The summed E-state index contributed by atoms with van der Waals surface area (Å²) >= 11 is 0. The van der Waals surface area contributed by atoms with E-state index in [1.807, 2.05) is 41.5 Å². The Morgan fingerprint density at radius 2 is 1.90 bits per heavy atom. The van der Waals surface area contributed by atoms with Crippen molar-refractivity contribution in [1.82, 2.24) is 9.47 Å². The van der Waals surface area contributed by atoms with E-state index in [2.05, 4.69) is 25.1 Å². The third kappa shape index (κ3) is 3.99. The molecular weight excluding hydrogens is 380 g/mol. The van der Waals surface area contributed by atoms with E-state index in [9.17, 15) is 9.59 Å². The molecule has 0 unspecified atom stereocenters. The molecule has 1 saturated heterocycles. The highest BCUT2D eigenvalue weighted by Gasteiger charge is 2.30. The Morgan fingerprint density at radius 1 is 1.13 bits per heavy atom. The standard InChI is InChI=1S/C24H28N2O4/c1-4-29-24(28)19-8-10-25(11-9-19)23(27)21-14-22-20(13-17(3)30-22)26(21)15-18-7-5-6-16(2)12-18/h5-7,12-14,19H,4,8-11,15H2,1-3H3. The van der Waals surface area contributed by atoms with Crippen molar-refractivity contribution in [3.63, 3.8) is 0 Å². The van der Waals surface area contributed by atoms with Gasteiger partial charge in [0.25, 0.3) is 5.91 Å². The lowest BCUT2D eigenvalue weighted by molar-refractivity contribution is -0.149. The maximum atomic E-state index is 13.4. The number of esters is 1. The number of carbonyl (C=O) groups is 2. The molecule has 30 heavy (non-hydrogen) atoms. The molecule has 0 radical (unpaired) electrons. The fourth-order valence-electron chi connectivity index (χ4n) is 4.25. The summed E-state index contributed by atoms with van der Waals surface area (Å²) in [6.45, 7) is 7.90. The van der Waals surface area contributed by atoms with Crippen LogP contribution in [0.25, 0.3) is 11.1 Å². The largest absolute Gasteiger partial charge is 0.466 e. The molecule has 3 heterocycles. The van der Waals surface area contributed by atoms with E-state index in [-0.39, 0.29) is 17.8 Å². The van der Waals surface area contributed by atoms with Crippen LogP contribution >= 0.6 is 0 Å². The SMILES string of the molecule is CCOC(=O)C1CCN(C(=O)c2cc3oc(C)cc3n2Cc2cccc(C)c2)CC1. The number of furan rings is 1. The zero-order valence-corrected chi connectivity index (χ0v) is 17.8. The van der Waals surface area contributed by atoms with Gasteiger partial charge in [-0.05, 0) is 39.2 Å². The molecule has 0 saturated carbocycles. The van der Waals surface area contributed by atoms with E-state index in [0.717, 1.165) is 22.4 Å². The molecule has 4 rings (SSSR count). The second-order valence-electron chi connectivity index (χ2n) is 8.03. The highest BCUT2D eigenvalue weighted by atomic mass is 16.5. The van der Waals surface area contributed by atoms with Gasteiger partial charge in [0.15, 0.2) is 5.58 Å². The lowest BCUT2D eigenvalue weighted by atomic mass is 9.97. The van der Waals surface area contributed by atoms with Crippen molar-refractivity contribution in [3.05, 3.63) is 59.0 Å². The molecule has 0 spiro atoms. The van der Waals surface area contributed by atoms with Crippen LogP contribution in [0.3, 0.4) is 0 Å². The molecule has 1 aliphatic rings. The Labute approximate surface area is 176 Å². The number of amides is 1. The fraction of sp³-hybridized carbons (Fsp3) is 0.417. The number of nitrogens with zero attached hydrogens (tertiary/aromatic N) is 2. The number of benzene rings is 1. The van der Waals surface area contributed by atoms with Crippen molar-refractivity contribution < 1.29 is 18.7 Å². The van der Waals surface area contributed by atoms with E-state index in [1.54, 1.807) is 0 Å². The molecule has 1 aromatic carbocycles. The minimum absolute atomic E-state index is 0.0194. The van der Waals surface area contributed by atoms with Crippen LogP contribution in [-0.2, 0) is 16.1 Å². The highest BCUT2D eigenvalue weighted by Crippen LogP contribution is 2.27. The number of hydrogen-bond donors (Lipinski definition) is 0. The molecule has 1 aliphatic heterocycles. The van der Waals surface area contributed by atoms with Crippen molar-refractivity contribution in [2.75, 3.05) is 19.7 Å². The van der Waals surface area contributed by atoms with Crippen LogP contribution in [0.2, 0.25) is 0 Å². The lowest BCUT2D eigenvalue weighted by Gasteiger charge is -2.31. The van der Waals surface area contributed by atoms with E-state index in [0.29, 0.717) is 44.8 Å². The van der Waals surface area contributed by atoms with Crippen LogP contribution < -0.4 is 0 Å².